The standard InChI is InChI=1S/C9H14O4S/c10-9(11)6-3-5-8-4-1-2-7-14(8,12)13/h3,6,8H,1-2,4-5,7H2,(H,10,11)/b6-3-. The monoisotopic (exact) mass is 218 g/mol. The first-order chi connectivity index (χ1) is 6.52. The second-order valence-electron chi connectivity index (χ2n) is 3.46. The van der Waals surface area contributed by atoms with Crippen molar-refractivity contribution in [3.8, 4) is 0 Å². The van der Waals surface area contributed by atoms with Crippen molar-refractivity contribution >= 4 is 15.8 Å². The molecule has 1 atom stereocenters. The van der Waals surface area contributed by atoms with Crippen molar-refractivity contribution in [1.82, 2.24) is 0 Å². The normalized spacial score (nSPS) is 26.4. The minimum Gasteiger partial charge on any atom is -0.478 e. The largest absolute Gasteiger partial charge is 0.478 e. The highest BCUT2D eigenvalue weighted by Crippen LogP contribution is 2.22. The molecule has 4 nitrogen and oxygen atoms in total. The van der Waals surface area contributed by atoms with Crippen molar-refractivity contribution in [2.75, 3.05) is 5.75 Å². The quantitative estimate of drug-likeness (QED) is 0.717. The van der Waals surface area contributed by atoms with Crippen LogP contribution in [-0.2, 0) is 14.6 Å². The first-order valence-electron chi connectivity index (χ1n) is 4.63. The summed E-state index contributed by atoms with van der Waals surface area (Å²) in [4.78, 5) is 10.2. The van der Waals surface area contributed by atoms with Gasteiger partial charge in [0.15, 0.2) is 9.84 Å². The molecule has 0 radical (unpaired) electrons. The van der Waals surface area contributed by atoms with Gasteiger partial charge in [-0.1, -0.05) is 12.5 Å². The molecule has 1 saturated heterocycles. The van der Waals surface area contributed by atoms with Crippen LogP contribution in [-0.4, -0.2) is 30.5 Å². The number of rotatable bonds is 3. The fraction of sp³-hybridized carbons (Fsp3) is 0.667. The molecule has 1 heterocycles. The Balaban J connectivity index is 2.55. The van der Waals surface area contributed by atoms with Crippen LogP contribution in [0.15, 0.2) is 12.2 Å². The van der Waals surface area contributed by atoms with Crippen LogP contribution in [0.5, 0.6) is 0 Å². The van der Waals surface area contributed by atoms with Gasteiger partial charge >= 0.3 is 5.97 Å². The van der Waals surface area contributed by atoms with Crippen LogP contribution in [0.2, 0.25) is 0 Å². The number of carboxylic acids is 1. The Labute approximate surface area is 83.5 Å². The highest BCUT2D eigenvalue weighted by atomic mass is 32.2. The molecular weight excluding hydrogens is 204 g/mol. The van der Waals surface area contributed by atoms with Crippen LogP contribution in [0.1, 0.15) is 25.7 Å². The molecular formula is C9H14O4S. The fourth-order valence-electron chi connectivity index (χ4n) is 1.61. The van der Waals surface area contributed by atoms with E-state index in [9.17, 15) is 13.2 Å². The Morgan fingerprint density at radius 1 is 1.43 bits per heavy atom. The first kappa shape index (κ1) is 11.2. The number of aliphatic carboxylic acids is 1. The maximum atomic E-state index is 11.5. The Bertz CT molecular complexity index is 329. The van der Waals surface area contributed by atoms with Crippen LogP contribution < -0.4 is 0 Å². The lowest BCUT2D eigenvalue weighted by atomic mass is 10.1. The van der Waals surface area contributed by atoms with Crippen molar-refractivity contribution in [2.24, 2.45) is 0 Å². The average Bonchev–Trinajstić information content (AvgIpc) is 2.07. The third kappa shape index (κ3) is 3.14. The van der Waals surface area contributed by atoms with E-state index in [1.54, 1.807) is 0 Å². The van der Waals surface area contributed by atoms with Crippen molar-refractivity contribution in [2.45, 2.75) is 30.9 Å². The van der Waals surface area contributed by atoms with Gasteiger partial charge in [0.1, 0.15) is 0 Å². The van der Waals surface area contributed by atoms with Gasteiger partial charge < -0.3 is 5.11 Å². The zero-order valence-electron chi connectivity index (χ0n) is 7.85. The molecule has 1 unspecified atom stereocenters. The summed E-state index contributed by atoms with van der Waals surface area (Å²) in [5.41, 5.74) is 0. The van der Waals surface area contributed by atoms with Crippen LogP contribution in [0, 0.1) is 0 Å². The van der Waals surface area contributed by atoms with Gasteiger partial charge in [-0.3, -0.25) is 0 Å². The van der Waals surface area contributed by atoms with Crippen LogP contribution in [0.3, 0.4) is 0 Å². The van der Waals surface area contributed by atoms with Crippen LogP contribution >= 0.6 is 0 Å². The Kier molecular flexibility index (Phi) is 3.69. The highest BCUT2D eigenvalue weighted by molar-refractivity contribution is 7.92. The van der Waals surface area contributed by atoms with Crippen LogP contribution in [0.4, 0.5) is 0 Å². The highest BCUT2D eigenvalue weighted by Gasteiger charge is 2.27. The lowest BCUT2D eigenvalue weighted by Crippen LogP contribution is -2.27. The smallest absolute Gasteiger partial charge is 0.327 e. The van der Waals surface area contributed by atoms with Gasteiger partial charge in [0, 0.05) is 6.08 Å². The van der Waals surface area contributed by atoms with E-state index in [4.69, 9.17) is 5.11 Å². The maximum Gasteiger partial charge on any atom is 0.327 e. The molecule has 0 saturated carbocycles. The molecule has 1 aliphatic heterocycles. The SMILES string of the molecule is O=C(O)/C=C\CC1CCCCS1(=O)=O. The van der Waals surface area contributed by atoms with E-state index >= 15 is 0 Å². The van der Waals surface area contributed by atoms with Gasteiger partial charge in [-0.2, -0.15) is 0 Å². The Morgan fingerprint density at radius 3 is 2.71 bits per heavy atom. The number of allylic oxidation sites excluding steroid dienone is 1. The summed E-state index contributed by atoms with van der Waals surface area (Å²) in [6, 6.07) is 0. The second kappa shape index (κ2) is 4.59. The molecule has 1 aliphatic rings. The average molecular weight is 218 g/mol. The summed E-state index contributed by atoms with van der Waals surface area (Å²) >= 11 is 0. The summed E-state index contributed by atoms with van der Waals surface area (Å²) in [5.74, 6) is -0.781. The molecule has 1 N–H and O–H groups in total. The van der Waals surface area contributed by atoms with E-state index in [2.05, 4.69) is 0 Å². The van der Waals surface area contributed by atoms with Crippen molar-refractivity contribution in [1.29, 1.82) is 0 Å². The first-order valence-corrected chi connectivity index (χ1v) is 6.35. The topological polar surface area (TPSA) is 71.4 Å². The predicted molar refractivity (Wildman–Crippen MR) is 52.8 cm³/mol. The summed E-state index contributed by atoms with van der Waals surface area (Å²) in [5, 5.41) is 7.97. The summed E-state index contributed by atoms with van der Waals surface area (Å²) in [6.45, 7) is 0. The van der Waals surface area contributed by atoms with Crippen LogP contribution in [0.25, 0.3) is 0 Å². The van der Waals surface area contributed by atoms with E-state index in [0.29, 0.717) is 12.8 Å². The Morgan fingerprint density at radius 2 is 2.14 bits per heavy atom. The molecule has 0 aromatic heterocycles. The molecule has 0 spiro atoms. The zero-order chi connectivity index (χ0) is 10.6. The Hall–Kier alpha value is -0.840. The molecule has 0 aromatic carbocycles. The van der Waals surface area contributed by atoms with Gasteiger partial charge in [0.25, 0.3) is 0 Å². The predicted octanol–water partition coefficient (Wildman–Crippen LogP) is 0.985. The number of carbonyl (C=O) groups is 1. The molecule has 80 valence electrons. The molecule has 0 aromatic rings. The van der Waals surface area contributed by atoms with E-state index < -0.39 is 15.8 Å². The van der Waals surface area contributed by atoms with Crippen molar-refractivity contribution in [3.63, 3.8) is 0 Å². The van der Waals surface area contributed by atoms with E-state index in [1.165, 1.54) is 6.08 Å². The van der Waals surface area contributed by atoms with Gasteiger partial charge in [-0.05, 0) is 19.3 Å². The number of hydrogen-bond acceptors (Lipinski definition) is 3. The summed E-state index contributed by atoms with van der Waals surface area (Å²) < 4.78 is 23.0. The number of carboxylic acid groups (broad SMARTS) is 1. The van der Waals surface area contributed by atoms with Gasteiger partial charge in [-0.15, -0.1) is 0 Å². The number of hydrogen-bond donors (Lipinski definition) is 1. The minimum absolute atomic E-state index is 0.249. The van der Waals surface area contributed by atoms with Gasteiger partial charge in [0.2, 0.25) is 0 Å². The fourth-order valence-corrected chi connectivity index (χ4v) is 3.48. The van der Waals surface area contributed by atoms with Gasteiger partial charge in [-0.25, -0.2) is 13.2 Å². The molecule has 0 bridgehead atoms. The third-order valence-corrected chi connectivity index (χ3v) is 4.67. The van der Waals surface area contributed by atoms with Crippen molar-refractivity contribution in [3.05, 3.63) is 12.2 Å². The summed E-state index contributed by atoms with van der Waals surface area (Å²) in [7, 11) is -2.97. The van der Waals surface area contributed by atoms with E-state index in [1.807, 2.05) is 0 Å². The third-order valence-electron chi connectivity index (χ3n) is 2.37. The molecule has 1 fully saturated rings. The summed E-state index contributed by atoms with van der Waals surface area (Å²) in [6.07, 6.45) is 5.08. The zero-order valence-corrected chi connectivity index (χ0v) is 8.66. The molecule has 5 heteroatoms. The molecule has 0 aliphatic carbocycles. The molecule has 1 rings (SSSR count). The lowest BCUT2D eigenvalue weighted by molar-refractivity contribution is -0.131. The lowest BCUT2D eigenvalue weighted by Gasteiger charge is -2.20. The van der Waals surface area contributed by atoms with E-state index in [-0.39, 0.29) is 11.0 Å². The minimum atomic E-state index is -2.97. The maximum absolute atomic E-state index is 11.5. The number of sulfone groups is 1. The van der Waals surface area contributed by atoms with E-state index in [0.717, 1.165) is 18.9 Å². The van der Waals surface area contributed by atoms with Crippen molar-refractivity contribution < 1.29 is 18.3 Å². The van der Waals surface area contributed by atoms with Gasteiger partial charge in [0.05, 0.1) is 11.0 Å². The second-order valence-corrected chi connectivity index (χ2v) is 5.86. The molecule has 14 heavy (non-hydrogen) atoms. The molecule has 0 amide bonds.